The molecule has 0 saturated heterocycles. The summed E-state index contributed by atoms with van der Waals surface area (Å²) in [4.78, 5) is 33.6. The van der Waals surface area contributed by atoms with Crippen LogP contribution in [0.3, 0.4) is 0 Å². The Bertz CT molecular complexity index is 1210. The van der Waals surface area contributed by atoms with Gasteiger partial charge < -0.3 is 15.7 Å². The van der Waals surface area contributed by atoms with Gasteiger partial charge in [0, 0.05) is 29.7 Å². The summed E-state index contributed by atoms with van der Waals surface area (Å²) in [6.45, 7) is 0.987. The third-order valence-corrected chi connectivity index (χ3v) is 7.08. The second kappa shape index (κ2) is 9.79. The Morgan fingerprint density at radius 2 is 2.03 bits per heavy atom. The number of aryl methyl sites for hydroxylation is 2. The van der Waals surface area contributed by atoms with E-state index in [2.05, 4.69) is 27.8 Å². The number of anilines is 1. The van der Waals surface area contributed by atoms with Crippen molar-refractivity contribution in [3.63, 3.8) is 0 Å². The highest BCUT2D eigenvalue weighted by atomic mass is 16.4. The molecule has 1 atom stereocenters. The maximum absolute atomic E-state index is 12.9. The van der Waals surface area contributed by atoms with Gasteiger partial charge in [-0.3, -0.25) is 14.6 Å². The average molecular weight is 459 g/mol. The summed E-state index contributed by atoms with van der Waals surface area (Å²) in [6, 6.07) is 13.3. The van der Waals surface area contributed by atoms with Crippen molar-refractivity contribution in [1.29, 1.82) is 0 Å². The molecule has 3 aromatic rings. The molecule has 1 aromatic carbocycles. The SMILES string of the molecule is O=C(O)C[C@H](NC(=O)[C@H]1C[C@H](CCc2ccc3c(n2)NCCC3)C1)c1cnc2ccccc2c1. The Labute approximate surface area is 199 Å². The van der Waals surface area contributed by atoms with Gasteiger partial charge in [-0.2, -0.15) is 0 Å². The van der Waals surface area contributed by atoms with Gasteiger partial charge >= 0.3 is 5.97 Å². The molecule has 0 bridgehead atoms. The number of benzene rings is 1. The van der Waals surface area contributed by atoms with Gasteiger partial charge in [-0.05, 0) is 73.8 Å². The number of fused-ring (bicyclic) bond motifs is 2. The zero-order chi connectivity index (χ0) is 23.5. The number of amides is 1. The highest BCUT2D eigenvalue weighted by Crippen LogP contribution is 2.37. The highest BCUT2D eigenvalue weighted by molar-refractivity contribution is 5.82. The first-order valence-electron chi connectivity index (χ1n) is 12.1. The minimum Gasteiger partial charge on any atom is -0.481 e. The van der Waals surface area contributed by atoms with Gasteiger partial charge in [0.05, 0.1) is 18.0 Å². The predicted octanol–water partition coefficient (Wildman–Crippen LogP) is 4.28. The highest BCUT2D eigenvalue weighted by Gasteiger charge is 2.35. The quantitative estimate of drug-likeness (QED) is 0.465. The van der Waals surface area contributed by atoms with E-state index in [4.69, 9.17) is 4.98 Å². The first-order valence-corrected chi connectivity index (χ1v) is 12.1. The van der Waals surface area contributed by atoms with Crippen LogP contribution in [0.2, 0.25) is 0 Å². The van der Waals surface area contributed by atoms with Crippen molar-refractivity contribution >= 4 is 28.6 Å². The Balaban J connectivity index is 1.15. The summed E-state index contributed by atoms with van der Waals surface area (Å²) in [6.07, 6.45) is 7.36. The van der Waals surface area contributed by atoms with E-state index in [0.29, 0.717) is 5.92 Å². The molecule has 34 heavy (non-hydrogen) atoms. The van der Waals surface area contributed by atoms with Crippen molar-refractivity contribution in [2.24, 2.45) is 11.8 Å². The normalized spacial score (nSPS) is 20.0. The molecule has 7 heteroatoms. The number of carbonyl (C=O) groups excluding carboxylic acids is 1. The van der Waals surface area contributed by atoms with Gasteiger partial charge in [-0.1, -0.05) is 24.3 Å². The lowest BCUT2D eigenvalue weighted by atomic mass is 9.72. The average Bonchev–Trinajstić information content (AvgIpc) is 2.82. The minimum atomic E-state index is -0.947. The third kappa shape index (κ3) is 5.03. The van der Waals surface area contributed by atoms with E-state index >= 15 is 0 Å². The van der Waals surface area contributed by atoms with Crippen LogP contribution in [0.25, 0.3) is 10.9 Å². The molecule has 2 aromatic heterocycles. The summed E-state index contributed by atoms with van der Waals surface area (Å²) < 4.78 is 0. The van der Waals surface area contributed by atoms with Gasteiger partial charge in [-0.15, -0.1) is 0 Å². The van der Waals surface area contributed by atoms with Crippen LogP contribution in [-0.4, -0.2) is 33.5 Å². The van der Waals surface area contributed by atoms with Crippen LogP contribution in [0.15, 0.2) is 48.7 Å². The number of hydrogen-bond acceptors (Lipinski definition) is 5. The number of carbonyl (C=O) groups is 2. The largest absolute Gasteiger partial charge is 0.481 e. The van der Waals surface area contributed by atoms with E-state index in [1.165, 1.54) is 5.56 Å². The standard InChI is InChI=1S/C27H30N4O3/c32-25(33)15-24(21-14-19-4-1-2-6-23(19)29-16-21)31-27(34)20-12-17(13-20)7-9-22-10-8-18-5-3-11-28-26(18)30-22/h1-2,4,6,8,10,14,16-17,20,24H,3,5,7,9,11-13,15H2,(H,28,30)(H,31,34)(H,32,33)/t17-,20-,24-/m0/s1. The summed E-state index contributed by atoms with van der Waals surface area (Å²) in [5, 5.41) is 16.7. The molecule has 5 rings (SSSR count). The topological polar surface area (TPSA) is 104 Å². The number of aliphatic carboxylic acids is 1. The van der Waals surface area contributed by atoms with Gasteiger partial charge in [0.25, 0.3) is 0 Å². The fourth-order valence-corrected chi connectivity index (χ4v) is 5.04. The molecule has 7 nitrogen and oxygen atoms in total. The van der Waals surface area contributed by atoms with Crippen molar-refractivity contribution in [2.45, 2.75) is 51.0 Å². The Kier molecular flexibility index (Phi) is 6.43. The van der Waals surface area contributed by atoms with Crippen molar-refractivity contribution < 1.29 is 14.7 Å². The fourth-order valence-electron chi connectivity index (χ4n) is 5.04. The van der Waals surface area contributed by atoms with Crippen LogP contribution in [0.1, 0.15) is 55.0 Å². The molecule has 1 amide bonds. The van der Waals surface area contributed by atoms with Crippen LogP contribution in [0.4, 0.5) is 5.82 Å². The minimum absolute atomic E-state index is 0.0622. The fraction of sp³-hybridized carbons (Fsp3) is 0.407. The number of carboxylic acid groups (broad SMARTS) is 1. The van der Waals surface area contributed by atoms with Crippen LogP contribution in [-0.2, 0) is 22.4 Å². The number of aromatic nitrogens is 2. The maximum Gasteiger partial charge on any atom is 0.305 e. The van der Waals surface area contributed by atoms with Gasteiger partial charge in [0.15, 0.2) is 0 Å². The molecular weight excluding hydrogens is 428 g/mol. The van der Waals surface area contributed by atoms with Gasteiger partial charge in [-0.25, -0.2) is 4.98 Å². The van der Waals surface area contributed by atoms with Crippen molar-refractivity contribution in [3.05, 3.63) is 65.5 Å². The van der Waals surface area contributed by atoms with Gasteiger partial charge in [0.1, 0.15) is 5.82 Å². The van der Waals surface area contributed by atoms with Crippen LogP contribution in [0, 0.1) is 11.8 Å². The van der Waals surface area contributed by atoms with Crippen molar-refractivity contribution in [2.75, 3.05) is 11.9 Å². The van der Waals surface area contributed by atoms with E-state index in [1.54, 1.807) is 6.20 Å². The zero-order valence-electron chi connectivity index (χ0n) is 19.2. The summed E-state index contributed by atoms with van der Waals surface area (Å²) in [5.74, 6) is 0.459. The first kappa shape index (κ1) is 22.3. The molecule has 0 unspecified atom stereocenters. The predicted molar refractivity (Wildman–Crippen MR) is 130 cm³/mol. The van der Waals surface area contributed by atoms with E-state index in [9.17, 15) is 14.7 Å². The number of nitrogens with one attached hydrogen (secondary N) is 2. The van der Waals surface area contributed by atoms with E-state index in [-0.39, 0.29) is 18.2 Å². The number of hydrogen-bond donors (Lipinski definition) is 3. The molecule has 176 valence electrons. The molecule has 2 aliphatic rings. The molecule has 3 N–H and O–H groups in total. The lowest BCUT2D eigenvalue weighted by Gasteiger charge is -2.35. The molecule has 1 aliphatic carbocycles. The number of carboxylic acids is 1. The second-order valence-corrected chi connectivity index (χ2v) is 9.53. The number of nitrogens with zero attached hydrogens (tertiary/aromatic N) is 2. The number of para-hydroxylation sites is 1. The molecule has 1 aliphatic heterocycles. The van der Waals surface area contributed by atoms with Gasteiger partial charge in [0.2, 0.25) is 5.91 Å². The lowest BCUT2D eigenvalue weighted by Crippen LogP contribution is -2.41. The van der Waals surface area contributed by atoms with Crippen molar-refractivity contribution in [3.8, 4) is 0 Å². The van der Waals surface area contributed by atoms with Crippen LogP contribution < -0.4 is 10.6 Å². The zero-order valence-corrected chi connectivity index (χ0v) is 19.2. The molecule has 0 spiro atoms. The first-order chi connectivity index (χ1) is 16.5. The third-order valence-electron chi connectivity index (χ3n) is 7.08. The van der Waals surface area contributed by atoms with E-state index in [0.717, 1.165) is 73.0 Å². The Morgan fingerprint density at radius 3 is 2.88 bits per heavy atom. The Morgan fingerprint density at radius 1 is 1.18 bits per heavy atom. The summed E-state index contributed by atoms with van der Waals surface area (Å²) in [5.41, 5.74) is 3.97. The Hall–Kier alpha value is -3.48. The lowest BCUT2D eigenvalue weighted by molar-refractivity contribution is -0.138. The number of rotatable bonds is 8. The summed E-state index contributed by atoms with van der Waals surface area (Å²) in [7, 11) is 0. The molecule has 1 fully saturated rings. The number of pyridine rings is 2. The van der Waals surface area contributed by atoms with Crippen LogP contribution >= 0.6 is 0 Å². The molecule has 0 radical (unpaired) electrons. The molecule has 3 heterocycles. The van der Waals surface area contributed by atoms with Crippen molar-refractivity contribution in [1.82, 2.24) is 15.3 Å². The molecule has 1 saturated carbocycles. The smallest absolute Gasteiger partial charge is 0.305 e. The second-order valence-electron chi connectivity index (χ2n) is 9.53. The maximum atomic E-state index is 12.9. The summed E-state index contributed by atoms with van der Waals surface area (Å²) >= 11 is 0. The van der Waals surface area contributed by atoms with E-state index in [1.807, 2.05) is 30.3 Å². The van der Waals surface area contributed by atoms with Crippen LogP contribution in [0.5, 0.6) is 0 Å². The monoisotopic (exact) mass is 458 g/mol. The van der Waals surface area contributed by atoms with E-state index < -0.39 is 12.0 Å². The molecular formula is C27H30N4O3.